The number of carbonyl (C=O) groups excluding carboxylic acids is 2. The van der Waals surface area contributed by atoms with E-state index in [4.69, 9.17) is 4.74 Å². The van der Waals surface area contributed by atoms with Crippen LogP contribution in [0, 0.1) is 5.92 Å². The number of hydrogen-bond donors (Lipinski definition) is 0. The molecule has 0 aromatic heterocycles. The van der Waals surface area contributed by atoms with Crippen molar-refractivity contribution >= 4 is 12.0 Å². The van der Waals surface area contributed by atoms with Crippen molar-refractivity contribution in [2.45, 2.75) is 46.0 Å². The number of likely N-dealkylation sites (tertiary alicyclic amines) is 1. The van der Waals surface area contributed by atoms with Crippen LogP contribution in [0.15, 0.2) is 0 Å². The van der Waals surface area contributed by atoms with E-state index in [1.165, 1.54) is 6.42 Å². The van der Waals surface area contributed by atoms with E-state index in [0.29, 0.717) is 25.5 Å². The summed E-state index contributed by atoms with van der Waals surface area (Å²) >= 11 is 0. The number of amides is 2. The molecule has 6 nitrogen and oxygen atoms in total. The molecule has 0 aromatic carbocycles. The highest BCUT2D eigenvalue weighted by Gasteiger charge is 2.22. The molecule has 6 heteroatoms. The molecular formula is C18H33N3O3. The average Bonchev–Trinajstić information content (AvgIpc) is 2.84. The average molecular weight is 339 g/mol. The first kappa shape index (κ1) is 19.0. The standard InChI is InChI=1S/C18H33N3O3/c1-16(2)15-24-18(23)21-11-6-8-19(13-14-21)12-7-17(22)20-9-4-3-5-10-20/h16H,3-15H2,1-2H3. The van der Waals surface area contributed by atoms with E-state index in [9.17, 15) is 9.59 Å². The van der Waals surface area contributed by atoms with Gasteiger partial charge in [-0.15, -0.1) is 0 Å². The summed E-state index contributed by atoms with van der Waals surface area (Å²) < 4.78 is 5.32. The lowest BCUT2D eigenvalue weighted by Crippen LogP contribution is -2.39. The highest BCUT2D eigenvalue weighted by Crippen LogP contribution is 2.11. The molecule has 2 fully saturated rings. The minimum Gasteiger partial charge on any atom is -0.449 e. The fourth-order valence-electron chi connectivity index (χ4n) is 3.26. The molecule has 24 heavy (non-hydrogen) atoms. The summed E-state index contributed by atoms with van der Waals surface area (Å²) in [4.78, 5) is 30.4. The molecule has 0 bridgehead atoms. The van der Waals surface area contributed by atoms with Crippen LogP contribution in [0.2, 0.25) is 0 Å². The van der Waals surface area contributed by atoms with Crippen molar-refractivity contribution < 1.29 is 14.3 Å². The summed E-state index contributed by atoms with van der Waals surface area (Å²) in [7, 11) is 0. The van der Waals surface area contributed by atoms with Crippen LogP contribution < -0.4 is 0 Å². The molecule has 0 atom stereocenters. The molecule has 0 spiro atoms. The van der Waals surface area contributed by atoms with Crippen molar-refractivity contribution in [3.8, 4) is 0 Å². The lowest BCUT2D eigenvalue weighted by Gasteiger charge is -2.28. The van der Waals surface area contributed by atoms with Gasteiger partial charge >= 0.3 is 6.09 Å². The zero-order chi connectivity index (χ0) is 17.4. The highest BCUT2D eigenvalue weighted by atomic mass is 16.6. The van der Waals surface area contributed by atoms with Crippen molar-refractivity contribution in [2.75, 3.05) is 52.4 Å². The molecule has 0 saturated carbocycles. The monoisotopic (exact) mass is 339 g/mol. The first-order valence-electron chi connectivity index (χ1n) is 9.48. The van der Waals surface area contributed by atoms with E-state index in [2.05, 4.69) is 4.90 Å². The number of nitrogens with zero attached hydrogens (tertiary/aromatic N) is 3. The Morgan fingerprint density at radius 1 is 0.875 bits per heavy atom. The number of carbonyl (C=O) groups is 2. The van der Waals surface area contributed by atoms with Crippen LogP contribution >= 0.6 is 0 Å². The van der Waals surface area contributed by atoms with Gasteiger partial charge in [-0.3, -0.25) is 4.79 Å². The Balaban J connectivity index is 1.68. The molecule has 138 valence electrons. The fourth-order valence-corrected chi connectivity index (χ4v) is 3.26. The number of piperidine rings is 1. The third kappa shape index (κ3) is 6.30. The van der Waals surface area contributed by atoms with Gasteiger partial charge in [-0.2, -0.15) is 0 Å². The first-order valence-corrected chi connectivity index (χ1v) is 9.48. The zero-order valence-electron chi connectivity index (χ0n) is 15.3. The largest absolute Gasteiger partial charge is 0.449 e. The van der Waals surface area contributed by atoms with E-state index >= 15 is 0 Å². The quantitative estimate of drug-likeness (QED) is 0.770. The lowest BCUT2D eigenvalue weighted by atomic mass is 10.1. The Labute approximate surface area is 146 Å². The van der Waals surface area contributed by atoms with E-state index in [0.717, 1.165) is 58.5 Å². The summed E-state index contributed by atoms with van der Waals surface area (Å²) in [6, 6.07) is 0. The van der Waals surface area contributed by atoms with Gasteiger partial charge in [0.25, 0.3) is 0 Å². The maximum Gasteiger partial charge on any atom is 0.409 e. The van der Waals surface area contributed by atoms with Gasteiger partial charge < -0.3 is 19.4 Å². The Morgan fingerprint density at radius 2 is 1.58 bits per heavy atom. The summed E-state index contributed by atoms with van der Waals surface area (Å²) in [5.41, 5.74) is 0. The van der Waals surface area contributed by atoms with Gasteiger partial charge in [0.2, 0.25) is 5.91 Å². The van der Waals surface area contributed by atoms with Crippen LogP contribution in [0.4, 0.5) is 4.79 Å². The second-order valence-corrected chi connectivity index (χ2v) is 7.34. The van der Waals surface area contributed by atoms with Crippen molar-refractivity contribution in [2.24, 2.45) is 5.92 Å². The third-order valence-electron chi connectivity index (χ3n) is 4.74. The van der Waals surface area contributed by atoms with Crippen molar-refractivity contribution in [3.63, 3.8) is 0 Å². The summed E-state index contributed by atoms with van der Waals surface area (Å²) in [6.07, 6.45) is 4.87. The molecule has 0 aliphatic carbocycles. The van der Waals surface area contributed by atoms with Crippen molar-refractivity contribution in [3.05, 3.63) is 0 Å². The van der Waals surface area contributed by atoms with Gasteiger partial charge in [-0.1, -0.05) is 13.8 Å². The smallest absolute Gasteiger partial charge is 0.409 e. The molecule has 2 saturated heterocycles. The fraction of sp³-hybridized carbons (Fsp3) is 0.889. The van der Waals surface area contributed by atoms with Crippen LogP contribution in [0.3, 0.4) is 0 Å². The molecule has 2 heterocycles. The van der Waals surface area contributed by atoms with E-state index in [1.54, 1.807) is 4.90 Å². The molecule has 2 amide bonds. The van der Waals surface area contributed by atoms with Gasteiger partial charge in [0.15, 0.2) is 0 Å². The number of hydrogen-bond acceptors (Lipinski definition) is 4. The van der Waals surface area contributed by atoms with Gasteiger partial charge in [-0.05, 0) is 38.1 Å². The van der Waals surface area contributed by atoms with Crippen LogP contribution in [0.25, 0.3) is 0 Å². The van der Waals surface area contributed by atoms with Gasteiger partial charge in [-0.25, -0.2) is 4.79 Å². The molecule has 0 unspecified atom stereocenters. The second-order valence-electron chi connectivity index (χ2n) is 7.34. The maximum atomic E-state index is 12.3. The van der Waals surface area contributed by atoms with Crippen LogP contribution in [-0.2, 0) is 9.53 Å². The highest BCUT2D eigenvalue weighted by molar-refractivity contribution is 5.76. The van der Waals surface area contributed by atoms with Crippen LogP contribution in [0.1, 0.15) is 46.0 Å². The minimum atomic E-state index is -0.199. The van der Waals surface area contributed by atoms with Gasteiger partial charge in [0.05, 0.1) is 6.61 Å². The molecule has 2 aliphatic rings. The lowest BCUT2D eigenvalue weighted by molar-refractivity contribution is -0.132. The zero-order valence-corrected chi connectivity index (χ0v) is 15.3. The predicted molar refractivity (Wildman–Crippen MR) is 93.9 cm³/mol. The SMILES string of the molecule is CC(C)COC(=O)N1CCCN(CCC(=O)N2CCCCC2)CC1. The minimum absolute atomic E-state index is 0.199. The Kier molecular flexibility index (Phi) is 7.82. The molecule has 0 aromatic rings. The molecule has 0 radical (unpaired) electrons. The van der Waals surface area contributed by atoms with Crippen LogP contribution in [-0.4, -0.2) is 79.1 Å². The molecular weight excluding hydrogens is 306 g/mol. The topological polar surface area (TPSA) is 53.1 Å². The number of rotatable bonds is 5. The van der Waals surface area contributed by atoms with E-state index in [1.807, 2.05) is 18.7 Å². The number of ether oxygens (including phenoxy) is 1. The van der Waals surface area contributed by atoms with Crippen molar-refractivity contribution in [1.82, 2.24) is 14.7 Å². The van der Waals surface area contributed by atoms with Crippen molar-refractivity contribution in [1.29, 1.82) is 0 Å². The summed E-state index contributed by atoms with van der Waals surface area (Å²) in [5.74, 6) is 0.644. The molecule has 2 aliphatic heterocycles. The van der Waals surface area contributed by atoms with Crippen LogP contribution in [0.5, 0.6) is 0 Å². The Morgan fingerprint density at radius 3 is 2.29 bits per heavy atom. The van der Waals surface area contributed by atoms with Gasteiger partial charge in [0.1, 0.15) is 0 Å². The van der Waals surface area contributed by atoms with Gasteiger partial charge in [0, 0.05) is 45.7 Å². The normalized spacial score (nSPS) is 20.1. The predicted octanol–water partition coefficient (Wildman–Crippen LogP) is 2.19. The Bertz CT molecular complexity index is 408. The third-order valence-corrected chi connectivity index (χ3v) is 4.74. The molecule has 0 N–H and O–H groups in total. The summed E-state index contributed by atoms with van der Waals surface area (Å²) in [5, 5.41) is 0. The maximum absolute atomic E-state index is 12.3. The Hall–Kier alpha value is -1.30. The first-order chi connectivity index (χ1) is 11.6. The van der Waals surface area contributed by atoms with E-state index < -0.39 is 0 Å². The molecule has 2 rings (SSSR count). The van der Waals surface area contributed by atoms with E-state index in [-0.39, 0.29) is 12.0 Å². The second kappa shape index (κ2) is 9.87. The summed E-state index contributed by atoms with van der Waals surface area (Å²) in [6.45, 7) is 10.4.